The highest BCUT2D eigenvalue weighted by molar-refractivity contribution is 6.42. The normalized spacial score (nSPS) is 27.2. The van der Waals surface area contributed by atoms with Crippen LogP contribution in [0.4, 0.5) is 0 Å². The number of nitro groups is 1. The van der Waals surface area contributed by atoms with Gasteiger partial charge in [-0.15, -0.1) is 5.11 Å². The van der Waals surface area contributed by atoms with Crippen LogP contribution in [0.2, 0.25) is 0 Å². The monoisotopic (exact) mass is 327 g/mol. The first-order chi connectivity index (χ1) is 10.8. The summed E-state index contributed by atoms with van der Waals surface area (Å²) >= 11 is 0. The van der Waals surface area contributed by atoms with Crippen LogP contribution in [-0.2, 0) is 23.9 Å². The summed E-state index contributed by atoms with van der Waals surface area (Å²) in [6.45, 7) is 1.26. The van der Waals surface area contributed by atoms with E-state index in [-0.39, 0.29) is 6.61 Å². The van der Waals surface area contributed by atoms with E-state index in [2.05, 4.69) is 10.3 Å². The molecular formula is C11H13N5O7. The van der Waals surface area contributed by atoms with Gasteiger partial charge in [0.05, 0.1) is 6.10 Å². The Morgan fingerprint density at radius 2 is 2.22 bits per heavy atom. The van der Waals surface area contributed by atoms with E-state index in [1.165, 1.54) is 6.92 Å². The van der Waals surface area contributed by atoms with E-state index in [1.807, 2.05) is 0 Å². The van der Waals surface area contributed by atoms with Crippen molar-refractivity contribution in [3.63, 3.8) is 0 Å². The van der Waals surface area contributed by atoms with E-state index >= 15 is 0 Å². The van der Waals surface area contributed by atoms with Crippen molar-refractivity contribution in [3.8, 4) is 0 Å². The number of carbonyl (C=O) groups excluding carboxylic acids is 3. The van der Waals surface area contributed by atoms with Gasteiger partial charge in [0.15, 0.2) is 6.23 Å². The standard InChI is InChI=1S/C11H13N5O7/c1-5(17)22-4-6-2-3-7(23-6)15-11(19)9(18)8(13-14-15)10(12)16(20)21/h6-8,12H,2-4H2,1H3. The molecule has 124 valence electrons. The van der Waals surface area contributed by atoms with Crippen LogP contribution in [0.3, 0.4) is 0 Å². The summed E-state index contributed by atoms with van der Waals surface area (Å²) in [5, 5.41) is 25.1. The first kappa shape index (κ1) is 16.6. The summed E-state index contributed by atoms with van der Waals surface area (Å²) in [5.41, 5.74) is 0. The molecule has 1 saturated heterocycles. The Morgan fingerprint density at radius 3 is 2.83 bits per heavy atom. The van der Waals surface area contributed by atoms with Crippen molar-refractivity contribution >= 4 is 23.5 Å². The first-order valence-corrected chi connectivity index (χ1v) is 6.61. The highest BCUT2D eigenvalue weighted by atomic mass is 16.6. The van der Waals surface area contributed by atoms with E-state index < -0.39 is 46.8 Å². The lowest BCUT2D eigenvalue weighted by molar-refractivity contribution is -0.355. The second-order valence-corrected chi connectivity index (χ2v) is 4.86. The highest BCUT2D eigenvalue weighted by Crippen LogP contribution is 2.25. The lowest BCUT2D eigenvalue weighted by atomic mass is 10.1. The van der Waals surface area contributed by atoms with Crippen molar-refractivity contribution in [2.24, 2.45) is 10.3 Å². The minimum absolute atomic E-state index is 0.00749. The van der Waals surface area contributed by atoms with Crippen LogP contribution in [-0.4, -0.2) is 58.4 Å². The van der Waals surface area contributed by atoms with Crippen LogP contribution in [0, 0.1) is 15.5 Å². The zero-order valence-electron chi connectivity index (χ0n) is 12.0. The van der Waals surface area contributed by atoms with Gasteiger partial charge in [-0.1, -0.05) is 10.6 Å². The van der Waals surface area contributed by atoms with Gasteiger partial charge >= 0.3 is 17.7 Å². The third-order valence-electron chi connectivity index (χ3n) is 3.22. The summed E-state index contributed by atoms with van der Waals surface area (Å²) in [7, 11) is 0. The summed E-state index contributed by atoms with van der Waals surface area (Å²) in [4.78, 5) is 43.9. The number of nitrogens with zero attached hydrogens (tertiary/aromatic N) is 4. The Hall–Kier alpha value is -2.76. The van der Waals surface area contributed by atoms with Gasteiger partial charge in [-0.05, 0) is 17.8 Å². The Bertz CT molecular complexity index is 604. The number of ether oxygens (including phenoxy) is 2. The number of carbonyl (C=O) groups is 3. The Kier molecular flexibility index (Phi) is 4.74. The molecule has 3 atom stereocenters. The van der Waals surface area contributed by atoms with Crippen molar-refractivity contribution in [1.82, 2.24) is 5.01 Å². The molecule has 0 aliphatic carbocycles. The van der Waals surface area contributed by atoms with Gasteiger partial charge in [0.1, 0.15) is 6.61 Å². The predicted molar refractivity (Wildman–Crippen MR) is 69.7 cm³/mol. The Morgan fingerprint density at radius 1 is 1.52 bits per heavy atom. The third-order valence-corrected chi connectivity index (χ3v) is 3.22. The van der Waals surface area contributed by atoms with Crippen LogP contribution in [0.5, 0.6) is 0 Å². The SMILES string of the molecule is CC(=O)OCC1CCC(N2N=NC(C(=N)[N+](=O)[O-])C(=O)C2=O)O1. The number of amidine groups is 1. The zero-order chi connectivity index (χ0) is 17.1. The number of hydrogen-bond acceptors (Lipinski definition) is 10. The van der Waals surface area contributed by atoms with Gasteiger partial charge in [0, 0.05) is 6.92 Å². The molecule has 2 aliphatic heterocycles. The molecule has 2 aliphatic rings. The maximum absolute atomic E-state index is 12.0. The van der Waals surface area contributed by atoms with E-state index in [4.69, 9.17) is 14.9 Å². The van der Waals surface area contributed by atoms with Crippen molar-refractivity contribution < 1.29 is 28.8 Å². The van der Waals surface area contributed by atoms with E-state index in [0.29, 0.717) is 17.9 Å². The van der Waals surface area contributed by atoms with Crippen LogP contribution in [0.25, 0.3) is 0 Å². The minimum atomic E-state index is -1.84. The van der Waals surface area contributed by atoms with Gasteiger partial charge in [0.25, 0.3) is 5.78 Å². The number of nitrogens with one attached hydrogen (secondary N) is 1. The van der Waals surface area contributed by atoms with Crippen LogP contribution >= 0.6 is 0 Å². The maximum atomic E-state index is 12.0. The van der Waals surface area contributed by atoms with Crippen molar-refractivity contribution in [2.45, 2.75) is 38.1 Å². The number of amides is 1. The summed E-state index contributed by atoms with van der Waals surface area (Å²) in [6, 6.07) is -1.84. The molecule has 3 unspecified atom stereocenters. The Balaban J connectivity index is 2.02. The second-order valence-electron chi connectivity index (χ2n) is 4.86. The average molecular weight is 327 g/mol. The van der Waals surface area contributed by atoms with E-state index in [9.17, 15) is 24.5 Å². The number of ketones is 1. The molecule has 2 heterocycles. The van der Waals surface area contributed by atoms with Crippen molar-refractivity contribution in [1.29, 1.82) is 5.41 Å². The summed E-state index contributed by atoms with van der Waals surface area (Å²) in [5.74, 6) is -4.03. The van der Waals surface area contributed by atoms with E-state index in [1.54, 1.807) is 0 Å². The number of esters is 1. The lowest BCUT2D eigenvalue weighted by Crippen LogP contribution is -2.49. The van der Waals surface area contributed by atoms with Gasteiger partial charge in [-0.2, -0.15) is 5.01 Å². The second kappa shape index (κ2) is 6.56. The fraction of sp³-hybridized carbons (Fsp3) is 0.636. The van der Waals surface area contributed by atoms with Gasteiger partial charge in [-0.3, -0.25) is 14.4 Å². The molecule has 1 N–H and O–H groups in total. The van der Waals surface area contributed by atoms with Crippen molar-refractivity contribution in [2.75, 3.05) is 6.61 Å². The molecule has 0 saturated carbocycles. The molecule has 12 nitrogen and oxygen atoms in total. The molecule has 0 spiro atoms. The minimum Gasteiger partial charge on any atom is -0.463 e. The third kappa shape index (κ3) is 3.53. The molecule has 0 bridgehead atoms. The number of hydrogen-bond donors (Lipinski definition) is 1. The van der Waals surface area contributed by atoms with Crippen LogP contribution in [0.15, 0.2) is 10.3 Å². The molecule has 2 rings (SSSR count). The largest absolute Gasteiger partial charge is 0.463 e. The average Bonchev–Trinajstić information content (AvgIpc) is 2.95. The lowest BCUT2D eigenvalue weighted by Gasteiger charge is -2.25. The molecule has 1 amide bonds. The summed E-state index contributed by atoms with van der Waals surface area (Å²) < 4.78 is 10.2. The van der Waals surface area contributed by atoms with E-state index in [0.717, 1.165) is 0 Å². The molecule has 12 heteroatoms. The molecule has 23 heavy (non-hydrogen) atoms. The molecular weight excluding hydrogens is 314 g/mol. The summed E-state index contributed by atoms with van der Waals surface area (Å²) in [6.07, 6.45) is -0.515. The quantitative estimate of drug-likeness (QED) is 0.181. The fourth-order valence-corrected chi connectivity index (χ4v) is 2.10. The van der Waals surface area contributed by atoms with Crippen LogP contribution < -0.4 is 0 Å². The predicted octanol–water partition coefficient (Wildman–Crippen LogP) is -0.544. The zero-order valence-corrected chi connectivity index (χ0v) is 12.0. The topological polar surface area (TPSA) is 165 Å². The molecule has 1 fully saturated rings. The number of Topliss-reactive ketones (excluding diaryl/α,β-unsaturated/α-hetero) is 1. The maximum Gasteiger partial charge on any atom is 0.366 e. The first-order valence-electron chi connectivity index (χ1n) is 6.61. The van der Waals surface area contributed by atoms with Gasteiger partial charge < -0.3 is 19.6 Å². The molecule has 0 aromatic carbocycles. The highest BCUT2D eigenvalue weighted by Gasteiger charge is 2.45. The molecule has 0 radical (unpaired) electrons. The smallest absolute Gasteiger partial charge is 0.366 e. The van der Waals surface area contributed by atoms with Gasteiger partial charge in [0.2, 0.25) is 6.04 Å². The fourth-order valence-electron chi connectivity index (χ4n) is 2.10. The van der Waals surface area contributed by atoms with Crippen molar-refractivity contribution in [3.05, 3.63) is 10.1 Å². The van der Waals surface area contributed by atoms with Gasteiger partial charge in [-0.25, -0.2) is 0 Å². The molecule has 0 aromatic heterocycles. The van der Waals surface area contributed by atoms with Crippen LogP contribution in [0.1, 0.15) is 19.8 Å². The molecule has 0 aromatic rings. The number of rotatable bonds is 4. The Labute approximate surface area is 129 Å².